The number of piperidine rings is 1. The maximum absolute atomic E-state index is 13.3. The highest BCUT2D eigenvalue weighted by molar-refractivity contribution is 5.89. The molecule has 0 spiro atoms. The van der Waals surface area contributed by atoms with Crippen molar-refractivity contribution in [3.63, 3.8) is 0 Å². The monoisotopic (exact) mass is 410 g/mol. The first-order valence-corrected chi connectivity index (χ1v) is 9.98. The number of aromatic nitrogens is 3. The molecule has 1 aromatic carbocycles. The Hall–Kier alpha value is -3.49. The number of nitrogens with one attached hydrogen (secondary N) is 2. The minimum Gasteiger partial charge on any atom is -0.352 e. The Balaban J connectivity index is 1.42. The molecule has 3 heterocycles. The average Bonchev–Trinajstić information content (AvgIpc) is 2.74. The summed E-state index contributed by atoms with van der Waals surface area (Å²) in [4.78, 5) is 35.9. The molecule has 9 heteroatoms. The lowest BCUT2D eigenvalue weighted by atomic mass is 10.1. The predicted molar refractivity (Wildman–Crippen MR) is 113 cm³/mol. The van der Waals surface area contributed by atoms with Crippen molar-refractivity contribution in [1.29, 1.82) is 0 Å². The zero-order valence-corrected chi connectivity index (χ0v) is 16.6. The predicted octanol–water partition coefficient (Wildman–Crippen LogP) is 2.74. The van der Waals surface area contributed by atoms with Crippen LogP contribution in [0.2, 0.25) is 0 Å². The van der Waals surface area contributed by atoms with Gasteiger partial charge in [0.2, 0.25) is 0 Å². The molecular formula is C21H23FN6O2. The minimum absolute atomic E-state index is 0.0367. The first kappa shape index (κ1) is 19.8. The summed E-state index contributed by atoms with van der Waals surface area (Å²) in [6.45, 7) is 3.62. The molecule has 0 aliphatic carbocycles. The van der Waals surface area contributed by atoms with E-state index < -0.39 is 5.82 Å². The maximum atomic E-state index is 13.3. The molecule has 0 radical (unpaired) electrons. The molecule has 156 valence electrons. The fourth-order valence-corrected chi connectivity index (χ4v) is 3.72. The van der Waals surface area contributed by atoms with Crippen LogP contribution in [0.5, 0.6) is 0 Å². The quantitative estimate of drug-likeness (QED) is 0.690. The Morgan fingerprint density at radius 3 is 2.77 bits per heavy atom. The Kier molecular flexibility index (Phi) is 5.60. The van der Waals surface area contributed by atoms with E-state index in [9.17, 15) is 14.0 Å². The van der Waals surface area contributed by atoms with Gasteiger partial charge in [-0.3, -0.25) is 9.36 Å². The van der Waals surface area contributed by atoms with Gasteiger partial charge in [-0.15, -0.1) is 0 Å². The highest BCUT2D eigenvalue weighted by atomic mass is 19.1. The van der Waals surface area contributed by atoms with Crippen molar-refractivity contribution in [3.8, 4) is 0 Å². The number of fused-ring (bicyclic) bond motifs is 1. The van der Waals surface area contributed by atoms with Crippen LogP contribution >= 0.6 is 0 Å². The molecule has 2 N–H and O–H groups in total. The number of halogens is 1. The molecule has 0 atom stereocenters. The van der Waals surface area contributed by atoms with E-state index in [0.29, 0.717) is 55.1 Å². The van der Waals surface area contributed by atoms with Crippen LogP contribution in [0.25, 0.3) is 11.2 Å². The van der Waals surface area contributed by atoms with Crippen molar-refractivity contribution in [2.24, 2.45) is 0 Å². The molecule has 2 amide bonds. The Bertz CT molecular complexity index is 1120. The third-order valence-corrected chi connectivity index (χ3v) is 5.21. The van der Waals surface area contributed by atoms with E-state index in [-0.39, 0.29) is 17.6 Å². The number of anilines is 2. The summed E-state index contributed by atoms with van der Waals surface area (Å²) < 4.78 is 14.9. The van der Waals surface area contributed by atoms with Gasteiger partial charge in [-0.05, 0) is 50.1 Å². The van der Waals surface area contributed by atoms with Crippen LogP contribution in [0.3, 0.4) is 0 Å². The molecular weight excluding hydrogens is 387 g/mol. The second kappa shape index (κ2) is 8.48. The summed E-state index contributed by atoms with van der Waals surface area (Å²) in [7, 11) is 0. The van der Waals surface area contributed by atoms with Gasteiger partial charge < -0.3 is 15.5 Å². The third kappa shape index (κ3) is 4.10. The number of pyridine rings is 1. The van der Waals surface area contributed by atoms with Crippen LogP contribution in [0, 0.1) is 5.82 Å². The van der Waals surface area contributed by atoms with E-state index >= 15 is 0 Å². The van der Waals surface area contributed by atoms with E-state index in [0.717, 1.165) is 0 Å². The van der Waals surface area contributed by atoms with E-state index in [4.69, 9.17) is 0 Å². The summed E-state index contributed by atoms with van der Waals surface area (Å²) in [6.07, 6.45) is 3.01. The molecule has 0 bridgehead atoms. The van der Waals surface area contributed by atoms with Crippen molar-refractivity contribution in [3.05, 3.63) is 58.8 Å². The van der Waals surface area contributed by atoms with Gasteiger partial charge in [0, 0.05) is 37.6 Å². The summed E-state index contributed by atoms with van der Waals surface area (Å²) >= 11 is 0. The zero-order chi connectivity index (χ0) is 21.1. The normalized spacial score (nSPS) is 14.7. The van der Waals surface area contributed by atoms with Crippen molar-refractivity contribution in [2.45, 2.75) is 32.4 Å². The largest absolute Gasteiger partial charge is 0.352 e. The van der Waals surface area contributed by atoms with Gasteiger partial charge in [0.1, 0.15) is 11.3 Å². The number of carbonyl (C=O) groups is 1. The van der Waals surface area contributed by atoms with Gasteiger partial charge in [0.15, 0.2) is 11.5 Å². The van der Waals surface area contributed by atoms with Crippen molar-refractivity contribution in [1.82, 2.24) is 19.9 Å². The Morgan fingerprint density at radius 2 is 2.03 bits per heavy atom. The molecule has 3 aromatic rings. The molecule has 0 saturated carbocycles. The topological polar surface area (TPSA) is 92.2 Å². The fourth-order valence-electron chi connectivity index (χ4n) is 3.72. The summed E-state index contributed by atoms with van der Waals surface area (Å²) in [5.41, 5.74) is 1.51. The smallest absolute Gasteiger partial charge is 0.319 e. The molecule has 4 rings (SSSR count). The molecule has 1 fully saturated rings. The van der Waals surface area contributed by atoms with Gasteiger partial charge in [0.25, 0.3) is 5.56 Å². The highest BCUT2D eigenvalue weighted by Gasteiger charge is 2.24. The fraction of sp³-hybridized carbons (Fsp3) is 0.333. The summed E-state index contributed by atoms with van der Waals surface area (Å²) in [5, 5.41) is 5.55. The van der Waals surface area contributed by atoms with Crippen LogP contribution in [-0.2, 0) is 6.54 Å². The first-order valence-electron chi connectivity index (χ1n) is 9.98. The van der Waals surface area contributed by atoms with Crippen LogP contribution in [0.15, 0.2) is 47.4 Å². The lowest BCUT2D eigenvalue weighted by Gasteiger charge is -2.33. The number of carbonyl (C=O) groups excluding carboxylic acids is 1. The number of amides is 2. The van der Waals surface area contributed by atoms with Gasteiger partial charge in [-0.25, -0.2) is 19.2 Å². The van der Waals surface area contributed by atoms with E-state index in [1.54, 1.807) is 29.0 Å². The van der Waals surface area contributed by atoms with Gasteiger partial charge in [-0.2, -0.15) is 0 Å². The van der Waals surface area contributed by atoms with Crippen LogP contribution in [-0.4, -0.2) is 39.7 Å². The molecule has 0 unspecified atom stereocenters. The van der Waals surface area contributed by atoms with Gasteiger partial charge in [-0.1, -0.05) is 6.07 Å². The minimum atomic E-state index is -0.406. The molecule has 1 saturated heterocycles. The highest BCUT2D eigenvalue weighted by Crippen LogP contribution is 2.18. The lowest BCUT2D eigenvalue weighted by Crippen LogP contribution is -2.47. The van der Waals surface area contributed by atoms with Crippen molar-refractivity contribution >= 4 is 28.7 Å². The summed E-state index contributed by atoms with van der Waals surface area (Å²) in [6, 6.07) is 9.00. The molecule has 1 aliphatic heterocycles. The SMILES string of the molecule is CCn1c(=O)c(N2CCC(NC(=O)Nc3cccc(F)c3)CC2)nc2cccnc21. The number of nitrogens with zero attached hydrogens (tertiary/aromatic N) is 4. The Morgan fingerprint density at radius 1 is 1.23 bits per heavy atom. The lowest BCUT2D eigenvalue weighted by molar-refractivity contribution is 0.246. The van der Waals surface area contributed by atoms with Crippen LogP contribution in [0.4, 0.5) is 20.7 Å². The van der Waals surface area contributed by atoms with E-state index in [2.05, 4.69) is 20.6 Å². The standard InChI is InChI=1S/C21H23FN6O2/c1-2-28-18-17(7-4-10-23-18)26-19(20(28)29)27-11-8-15(9-12-27)24-21(30)25-16-6-3-5-14(22)13-16/h3-7,10,13,15H,2,8-9,11-12H2,1H3,(H2,24,25,30). The molecule has 1 aliphatic rings. The summed E-state index contributed by atoms with van der Waals surface area (Å²) in [5.74, 6) is 0.0111. The Labute approximate surface area is 172 Å². The van der Waals surface area contributed by atoms with Gasteiger partial charge in [0.05, 0.1) is 0 Å². The van der Waals surface area contributed by atoms with Gasteiger partial charge >= 0.3 is 6.03 Å². The van der Waals surface area contributed by atoms with Crippen molar-refractivity contribution in [2.75, 3.05) is 23.3 Å². The number of hydrogen-bond acceptors (Lipinski definition) is 5. The molecule has 30 heavy (non-hydrogen) atoms. The molecule has 8 nitrogen and oxygen atoms in total. The zero-order valence-electron chi connectivity index (χ0n) is 16.6. The van der Waals surface area contributed by atoms with E-state index in [1.165, 1.54) is 12.1 Å². The number of aryl methyl sites for hydroxylation is 1. The number of hydrogen-bond donors (Lipinski definition) is 2. The number of rotatable bonds is 4. The second-order valence-corrected chi connectivity index (χ2v) is 7.20. The van der Waals surface area contributed by atoms with E-state index in [1.807, 2.05) is 17.9 Å². The first-order chi connectivity index (χ1) is 14.5. The van der Waals surface area contributed by atoms with Crippen molar-refractivity contribution < 1.29 is 9.18 Å². The van der Waals surface area contributed by atoms with Crippen LogP contribution in [0.1, 0.15) is 19.8 Å². The average molecular weight is 410 g/mol. The molecule has 2 aromatic heterocycles. The third-order valence-electron chi connectivity index (χ3n) is 5.21. The number of benzene rings is 1. The number of urea groups is 1. The maximum Gasteiger partial charge on any atom is 0.319 e. The van der Waals surface area contributed by atoms with Crippen LogP contribution < -0.4 is 21.1 Å². The second-order valence-electron chi connectivity index (χ2n) is 7.20.